The maximum absolute atomic E-state index is 11.8. The number of carboxylic acids is 1. The number of aromatic nitrogens is 3. The van der Waals surface area contributed by atoms with Gasteiger partial charge in [0.15, 0.2) is 5.69 Å². The van der Waals surface area contributed by atoms with Crippen molar-refractivity contribution < 1.29 is 14.7 Å². The van der Waals surface area contributed by atoms with E-state index in [2.05, 4.69) is 15.6 Å². The summed E-state index contributed by atoms with van der Waals surface area (Å²) in [6.45, 7) is 1.02. The molecule has 1 aliphatic rings. The molecule has 0 spiro atoms. The van der Waals surface area contributed by atoms with E-state index in [4.69, 9.17) is 5.11 Å². The van der Waals surface area contributed by atoms with Crippen molar-refractivity contribution in [1.82, 2.24) is 20.3 Å². The largest absolute Gasteiger partial charge is 0.476 e. The van der Waals surface area contributed by atoms with Gasteiger partial charge >= 0.3 is 5.97 Å². The Morgan fingerprint density at radius 1 is 1.40 bits per heavy atom. The van der Waals surface area contributed by atoms with Crippen molar-refractivity contribution >= 4 is 11.9 Å². The van der Waals surface area contributed by atoms with Crippen molar-refractivity contribution in [3.63, 3.8) is 0 Å². The minimum absolute atomic E-state index is 0.0773. The SMILES string of the molecule is O=C(NCCCn1cc(C(=O)O)nn1)C1=CCCC=C1. The number of aryl methyl sites for hydroxylation is 1. The Balaban J connectivity index is 1.70. The Bertz CT molecular complexity index is 560. The average Bonchev–Trinajstić information content (AvgIpc) is 2.93. The van der Waals surface area contributed by atoms with Crippen molar-refractivity contribution in [2.75, 3.05) is 6.54 Å². The molecular formula is C13H16N4O3. The minimum Gasteiger partial charge on any atom is -0.476 e. The van der Waals surface area contributed by atoms with Crippen molar-refractivity contribution in [1.29, 1.82) is 0 Å². The summed E-state index contributed by atoms with van der Waals surface area (Å²) in [6.07, 6.45) is 9.64. The molecule has 106 valence electrons. The predicted molar refractivity (Wildman–Crippen MR) is 71.1 cm³/mol. The van der Waals surface area contributed by atoms with Crippen LogP contribution in [-0.2, 0) is 11.3 Å². The van der Waals surface area contributed by atoms with Crippen LogP contribution < -0.4 is 5.32 Å². The van der Waals surface area contributed by atoms with E-state index in [0.29, 0.717) is 25.1 Å². The molecule has 0 atom stereocenters. The molecule has 2 rings (SSSR count). The van der Waals surface area contributed by atoms with Crippen LogP contribution in [0.3, 0.4) is 0 Å². The Hall–Kier alpha value is -2.44. The molecular weight excluding hydrogens is 260 g/mol. The molecule has 1 aliphatic carbocycles. The number of carbonyl (C=O) groups is 2. The number of rotatable bonds is 6. The average molecular weight is 276 g/mol. The van der Waals surface area contributed by atoms with Crippen LogP contribution in [0, 0.1) is 0 Å². The molecule has 7 heteroatoms. The minimum atomic E-state index is -1.10. The van der Waals surface area contributed by atoms with Gasteiger partial charge in [0, 0.05) is 18.7 Å². The van der Waals surface area contributed by atoms with Gasteiger partial charge in [-0.1, -0.05) is 23.4 Å². The third kappa shape index (κ3) is 3.78. The lowest BCUT2D eigenvalue weighted by Gasteiger charge is -2.08. The van der Waals surface area contributed by atoms with E-state index in [0.717, 1.165) is 12.8 Å². The highest BCUT2D eigenvalue weighted by molar-refractivity contribution is 5.96. The highest BCUT2D eigenvalue weighted by atomic mass is 16.4. The van der Waals surface area contributed by atoms with Crippen molar-refractivity contribution in [2.24, 2.45) is 0 Å². The van der Waals surface area contributed by atoms with Crippen LogP contribution in [0.15, 0.2) is 30.0 Å². The lowest BCUT2D eigenvalue weighted by molar-refractivity contribution is -0.117. The summed E-state index contributed by atoms with van der Waals surface area (Å²) in [7, 11) is 0. The first-order chi connectivity index (χ1) is 9.66. The molecule has 0 unspecified atom stereocenters. The fraction of sp³-hybridized carbons (Fsp3) is 0.385. The second kappa shape index (κ2) is 6.65. The van der Waals surface area contributed by atoms with E-state index in [1.165, 1.54) is 10.9 Å². The topological polar surface area (TPSA) is 97.1 Å². The van der Waals surface area contributed by atoms with Gasteiger partial charge in [0.2, 0.25) is 0 Å². The van der Waals surface area contributed by atoms with Gasteiger partial charge in [-0.15, -0.1) is 5.10 Å². The first kappa shape index (κ1) is 14.0. The first-order valence-electron chi connectivity index (χ1n) is 6.45. The van der Waals surface area contributed by atoms with Crippen LogP contribution in [0.5, 0.6) is 0 Å². The van der Waals surface area contributed by atoms with E-state index in [1.807, 2.05) is 18.2 Å². The molecule has 1 heterocycles. The molecule has 0 bridgehead atoms. The van der Waals surface area contributed by atoms with E-state index < -0.39 is 5.97 Å². The number of carbonyl (C=O) groups excluding carboxylic acids is 1. The normalized spacial score (nSPS) is 13.9. The zero-order valence-corrected chi connectivity index (χ0v) is 11.0. The summed E-state index contributed by atoms with van der Waals surface area (Å²) in [5.41, 5.74) is 0.622. The van der Waals surface area contributed by atoms with Gasteiger partial charge in [0.1, 0.15) is 0 Å². The van der Waals surface area contributed by atoms with Gasteiger partial charge in [0.05, 0.1) is 6.20 Å². The number of aromatic carboxylic acids is 1. The summed E-state index contributed by atoms with van der Waals surface area (Å²) in [6, 6.07) is 0. The second-order valence-corrected chi connectivity index (χ2v) is 4.42. The Labute approximate surface area is 116 Å². The van der Waals surface area contributed by atoms with Crippen LogP contribution in [0.2, 0.25) is 0 Å². The molecule has 20 heavy (non-hydrogen) atoms. The summed E-state index contributed by atoms with van der Waals surface area (Å²) in [4.78, 5) is 22.4. The van der Waals surface area contributed by atoms with Crippen molar-refractivity contribution in [3.8, 4) is 0 Å². The van der Waals surface area contributed by atoms with E-state index >= 15 is 0 Å². The maximum atomic E-state index is 11.8. The van der Waals surface area contributed by atoms with Crippen LogP contribution >= 0.6 is 0 Å². The van der Waals surface area contributed by atoms with Crippen LogP contribution in [0.4, 0.5) is 0 Å². The first-order valence-corrected chi connectivity index (χ1v) is 6.45. The van der Waals surface area contributed by atoms with Gasteiger partial charge in [-0.05, 0) is 19.3 Å². The van der Waals surface area contributed by atoms with Crippen LogP contribution in [0.25, 0.3) is 0 Å². The number of hydrogen-bond acceptors (Lipinski definition) is 4. The maximum Gasteiger partial charge on any atom is 0.358 e. The third-order valence-corrected chi connectivity index (χ3v) is 2.86. The van der Waals surface area contributed by atoms with Gasteiger partial charge in [-0.2, -0.15) is 0 Å². The molecule has 0 radical (unpaired) electrons. The quantitative estimate of drug-likeness (QED) is 0.748. The molecule has 0 aliphatic heterocycles. The fourth-order valence-electron chi connectivity index (χ4n) is 1.83. The monoisotopic (exact) mass is 276 g/mol. The predicted octanol–water partition coefficient (Wildman–Crippen LogP) is 0.759. The van der Waals surface area contributed by atoms with Crippen LogP contribution in [0.1, 0.15) is 29.8 Å². The lowest BCUT2D eigenvalue weighted by atomic mass is 10.1. The molecule has 1 amide bonds. The second-order valence-electron chi connectivity index (χ2n) is 4.42. The molecule has 0 aromatic carbocycles. The number of amides is 1. The Kier molecular flexibility index (Phi) is 4.65. The summed E-state index contributed by atoms with van der Waals surface area (Å²) >= 11 is 0. The smallest absolute Gasteiger partial charge is 0.358 e. The van der Waals surface area contributed by atoms with Gasteiger partial charge in [-0.25, -0.2) is 4.79 Å². The van der Waals surface area contributed by atoms with Crippen molar-refractivity contribution in [2.45, 2.75) is 25.8 Å². The molecule has 0 saturated heterocycles. The fourth-order valence-corrected chi connectivity index (χ4v) is 1.83. The van der Waals surface area contributed by atoms with Gasteiger partial charge < -0.3 is 10.4 Å². The molecule has 2 N–H and O–H groups in total. The van der Waals surface area contributed by atoms with E-state index in [1.54, 1.807) is 0 Å². The zero-order chi connectivity index (χ0) is 14.4. The van der Waals surface area contributed by atoms with Gasteiger partial charge in [-0.3, -0.25) is 9.48 Å². The zero-order valence-electron chi connectivity index (χ0n) is 11.0. The Morgan fingerprint density at radius 3 is 2.90 bits per heavy atom. The number of nitrogens with one attached hydrogen (secondary N) is 1. The summed E-state index contributed by atoms with van der Waals surface area (Å²) in [5.74, 6) is -1.17. The molecule has 7 nitrogen and oxygen atoms in total. The highest BCUT2D eigenvalue weighted by Gasteiger charge is 2.09. The number of carboxylic acid groups (broad SMARTS) is 1. The summed E-state index contributed by atoms with van der Waals surface area (Å²) < 4.78 is 1.45. The van der Waals surface area contributed by atoms with E-state index in [-0.39, 0.29) is 11.6 Å². The third-order valence-electron chi connectivity index (χ3n) is 2.86. The van der Waals surface area contributed by atoms with Crippen molar-refractivity contribution in [3.05, 3.63) is 35.7 Å². The molecule has 0 fully saturated rings. The highest BCUT2D eigenvalue weighted by Crippen LogP contribution is 2.09. The molecule has 1 aromatic heterocycles. The van der Waals surface area contributed by atoms with E-state index in [9.17, 15) is 9.59 Å². The number of allylic oxidation sites excluding steroid dienone is 2. The Morgan fingerprint density at radius 2 is 2.25 bits per heavy atom. The lowest BCUT2D eigenvalue weighted by Crippen LogP contribution is -2.26. The summed E-state index contributed by atoms with van der Waals surface area (Å²) in [5, 5.41) is 18.7. The number of nitrogens with zero attached hydrogens (tertiary/aromatic N) is 3. The molecule has 0 saturated carbocycles. The number of hydrogen-bond donors (Lipinski definition) is 2. The standard InChI is InChI=1S/C13H16N4O3/c18-12(10-5-2-1-3-6-10)14-7-4-8-17-9-11(13(19)20)15-16-17/h2,5-6,9H,1,3-4,7-8H2,(H,14,18)(H,19,20). The molecule has 1 aromatic rings. The van der Waals surface area contributed by atoms with Crippen LogP contribution in [-0.4, -0.2) is 38.5 Å². The van der Waals surface area contributed by atoms with Gasteiger partial charge in [0.25, 0.3) is 5.91 Å².